The smallest absolute Gasteiger partial charge is 0.165 e. The van der Waals surface area contributed by atoms with Crippen LogP contribution in [0, 0.1) is 0 Å². The third-order valence-electron chi connectivity index (χ3n) is 1.34. The van der Waals surface area contributed by atoms with Crippen molar-refractivity contribution in [3.63, 3.8) is 0 Å². The van der Waals surface area contributed by atoms with Crippen molar-refractivity contribution < 1.29 is 4.79 Å². The maximum atomic E-state index is 10.4. The number of hydrogen-bond acceptors (Lipinski definition) is 3. The van der Waals surface area contributed by atoms with Crippen LogP contribution in [0.1, 0.15) is 10.4 Å². The van der Waals surface area contributed by atoms with Gasteiger partial charge in [-0.1, -0.05) is 0 Å². The number of carbonyl (C=O) groups is 1. The molecule has 0 atom stereocenters. The molecule has 11 heavy (non-hydrogen) atoms. The van der Waals surface area contributed by atoms with Crippen molar-refractivity contribution in [2.45, 2.75) is 0 Å². The Morgan fingerprint density at radius 3 is 2.91 bits per heavy atom. The fourth-order valence-electron chi connectivity index (χ4n) is 0.708. The lowest BCUT2D eigenvalue weighted by molar-refractivity contribution is 0.112. The predicted molar refractivity (Wildman–Crippen MR) is 49.9 cm³/mol. The molecule has 0 amide bonds. The molecule has 0 saturated heterocycles. The van der Waals surface area contributed by atoms with Gasteiger partial charge in [0.1, 0.15) is 5.82 Å². The largest absolute Gasteiger partial charge is 0.383 e. The number of nitrogens with zero attached hydrogens (tertiary/aromatic N) is 1. The maximum Gasteiger partial charge on any atom is 0.165 e. The quantitative estimate of drug-likeness (QED) is 0.505. The molecule has 0 aliphatic rings. The zero-order valence-electron chi connectivity index (χ0n) is 5.97. The second kappa shape index (κ2) is 3.05. The van der Waals surface area contributed by atoms with Crippen LogP contribution in [-0.4, -0.2) is 19.1 Å². The van der Waals surface area contributed by atoms with Crippen molar-refractivity contribution in [3.8, 4) is 0 Å². The van der Waals surface area contributed by atoms with E-state index >= 15 is 0 Å². The normalized spacial score (nSPS) is 9.55. The second-order valence-electron chi connectivity index (χ2n) is 2.15. The van der Waals surface area contributed by atoms with Gasteiger partial charge in [-0.05, 0) is 22.0 Å². The molecule has 0 aliphatic carbocycles. The fourth-order valence-corrected chi connectivity index (χ4v) is 1.04. The van der Waals surface area contributed by atoms with Gasteiger partial charge in [0.05, 0.1) is 5.56 Å². The zero-order chi connectivity index (χ0) is 8.43. The minimum atomic E-state index is 0.278. The summed E-state index contributed by atoms with van der Waals surface area (Å²) < 4.78 is 0.800. The van der Waals surface area contributed by atoms with Crippen molar-refractivity contribution in [2.75, 3.05) is 5.73 Å². The minimum absolute atomic E-state index is 0.278. The molecule has 0 aliphatic heterocycles. The first-order chi connectivity index (χ1) is 5.15. The van der Waals surface area contributed by atoms with Crippen LogP contribution in [-0.2, 0) is 0 Å². The Bertz CT molecular complexity index is 303. The lowest BCUT2D eigenvalue weighted by Crippen LogP contribution is -2.14. The summed E-state index contributed by atoms with van der Waals surface area (Å²) in [7, 11) is 1.81. The number of pyridine rings is 1. The molecule has 2 N–H and O–H groups in total. The monoisotopic (exact) mass is 212 g/mol. The fraction of sp³-hybridized carbons (Fsp3) is 0. The summed E-state index contributed by atoms with van der Waals surface area (Å²) in [6.45, 7) is 0. The van der Waals surface area contributed by atoms with Crippen LogP contribution in [0.15, 0.2) is 10.5 Å². The molecule has 0 fully saturated rings. The van der Waals surface area contributed by atoms with Crippen molar-refractivity contribution >= 4 is 41.5 Å². The average molecular weight is 213 g/mol. The van der Waals surface area contributed by atoms with Crippen molar-refractivity contribution in [1.82, 2.24) is 4.98 Å². The summed E-state index contributed by atoms with van der Waals surface area (Å²) in [4.78, 5) is 14.3. The summed E-state index contributed by atoms with van der Waals surface area (Å²) in [6.07, 6.45) is 0.687. The molecular weight excluding hydrogens is 207 g/mol. The molecule has 0 unspecified atom stereocenters. The van der Waals surface area contributed by atoms with Gasteiger partial charge < -0.3 is 5.73 Å². The first-order valence-electron chi connectivity index (χ1n) is 3.03. The van der Waals surface area contributed by atoms with Crippen LogP contribution in [0.25, 0.3) is 0 Å². The lowest BCUT2D eigenvalue weighted by Gasteiger charge is -2.01. The van der Waals surface area contributed by atoms with E-state index in [4.69, 9.17) is 5.73 Å². The molecule has 0 radical (unpaired) electrons. The van der Waals surface area contributed by atoms with Crippen LogP contribution < -0.4 is 11.3 Å². The number of nitrogens with two attached hydrogens (primary N) is 1. The van der Waals surface area contributed by atoms with E-state index in [1.165, 1.54) is 0 Å². The molecular formula is C6H6BBrN2O. The SMILES string of the molecule is Bc1nc(N)c(C=O)cc1Br. The number of anilines is 1. The molecule has 0 aromatic carbocycles. The highest BCUT2D eigenvalue weighted by Crippen LogP contribution is 2.10. The van der Waals surface area contributed by atoms with E-state index in [0.29, 0.717) is 11.8 Å². The number of hydrogen-bond donors (Lipinski definition) is 1. The van der Waals surface area contributed by atoms with E-state index in [9.17, 15) is 4.79 Å². The molecule has 0 saturated carbocycles. The van der Waals surface area contributed by atoms with Gasteiger partial charge in [0.15, 0.2) is 14.1 Å². The topological polar surface area (TPSA) is 56.0 Å². The van der Waals surface area contributed by atoms with Crippen LogP contribution in [0.3, 0.4) is 0 Å². The van der Waals surface area contributed by atoms with Gasteiger partial charge in [-0.2, -0.15) is 0 Å². The zero-order valence-corrected chi connectivity index (χ0v) is 7.55. The van der Waals surface area contributed by atoms with Crippen LogP contribution >= 0.6 is 15.9 Å². The van der Waals surface area contributed by atoms with Crippen molar-refractivity contribution in [3.05, 3.63) is 16.1 Å². The Kier molecular flexibility index (Phi) is 2.29. The van der Waals surface area contributed by atoms with Crippen LogP contribution in [0.5, 0.6) is 0 Å². The Balaban J connectivity index is 3.31. The second-order valence-corrected chi connectivity index (χ2v) is 3.00. The molecule has 56 valence electrons. The molecule has 1 aromatic rings. The molecule has 5 heteroatoms. The first-order valence-corrected chi connectivity index (χ1v) is 3.82. The van der Waals surface area contributed by atoms with Gasteiger partial charge in [-0.25, -0.2) is 4.98 Å². The predicted octanol–water partition coefficient (Wildman–Crippen LogP) is -0.503. The van der Waals surface area contributed by atoms with Gasteiger partial charge in [0.2, 0.25) is 0 Å². The number of nitrogen functional groups attached to an aromatic ring is 1. The number of aromatic nitrogens is 1. The van der Waals surface area contributed by atoms with Crippen LogP contribution in [0.2, 0.25) is 0 Å². The van der Waals surface area contributed by atoms with E-state index < -0.39 is 0 Å². The Morgan fingerprint density at radius 1 is 1.73 bits per heavy atom. The summed E-state index contributed by atoms with van der Waals surface area (Å²) in [5, 5.41) is 0. The third kappa shape index (κ3) is 1.60. The van der Waals surface area contributed by atoms with Crippen molar-refractivity contribution in [1.29, 1.82) is 0 Å². The minimum Gasteiger partial charge on any atom is -0.383 e. The van der Waals surface area contributed by atoms with E-state index in [1.54, 1.807) is 6.07 Å². The van der Waals surface area contributed by atoms with E-state index in [1.807, 2.05) is 7.85 Å². The van der Waals surface area contributed by atoms with Crippen molar-refractivity contribution in [2.24, 2.45) is 0 Å². The highest BCUT2D eigenvalue weighted by atomic mass is 79.9. The Labute approximate surface area is 73.5 Å². The number of aldehydes is 1. The number of carbonyl (C=O) groups excluding carboxylic acids is 1. The third-order valence-corrected chi connectivity index (χ3v) is 2.14. The molecule has 0 bridgehead atoms. The van der Waals surface area contributed by atoms with Gasteiger partial charge in [-0.3, -0.25) is 4.79 Å². The molecule has 1 rings (SSSR count). The lowest BCUT2D eigenvalue weighted by atomic mass is 10.0. The highest BCUT2D eigenvalue weighted by Gasteiger charge is 2.02. The van der Waals surface area contributed by atoms with Gasteiger partial charge in [-0.15, -0.1) is 0 Å². The summed E-state index contributed by atoms with van der Waals surface area (Å²) >= 11 is 3.24. The number of halogens is 1. The first kappa shape index (κ1) is 8.26. The van der Waals surface area contributed by atoms with E-state index in [2.05, 4.69) is 20.9 Å². The maximum absolute atomic E-state index is 10.4. The van der Waals surface area contributed by atoms with E-state index in [-0.39, 0.29) is 5.82 Å². The van der Waals surface area contributed by atoms with Gasteiger partial charge >= 0.3 is 0 Å². The molecule has 1 heterocycles. The highest BCUT2D eigenvalue weighted by molar-refractivity contribution is 9.10. The number of rotatable bonds is 1. The van der Waals surface area contributed by atoms with Gasteiger partial charge in [0.25, 0.3) is 0 Å². The summed E-state index contributed by atoms with van der Waals surface area (Å²) in [5.74, 6) is 0.278. The molecule has 1 aromatic heterocycles. The molecule has 0 spiro atoms. The van der Waals surface area contributed by atoms with Gasteiger partial charge in [0, 0.05) is 10.1 Å². The average Bonchev–Trinajstić information content (AvgIpc) is 1.97. The Hall–Kier alpha value is -0.835. The Morgan fingerprint density at radius 2 is 2.36 bits per heavy atom. The standard InChI is InChI=1S/C6H6BBrN2O/c7-5-4(8)1-3(2-11)6(9)10-5/h1-2H,7H2,(H2,9,10). The van der Waals surface area contributed by atoms with Crippen LogP contribution in [0.4, 0.5) is 5.82 Å². The van der Waals surface area contributed by atoms with E-state index in [0.717, 1.165) is 10.1 Å². The summed E-state index contributed by atoms with van der Waals surface area (Å²) in [5.41, 5.74) is 6.64. The molecule has 3 nitrogen and oxygen atoms in total. The summed E-state index contributed by atoms with van der Waals surface area (Å²) in [6, 6.07) is 1.66.